The van der Waals surface area contributed by atoms with Gasteiger partial charge in [-0.2, -0.15) is 0 Å². The van der Waals surface area contributed by atoms with Crippen LogP contribution < -0.4 is 4.74 Å². The second kappa shape index (κ2) is 6.88. The van der Waals surface area contributed by atoms with Crippen molar-refractivity contribution in [2.45, 2.75) is 25.1 Å². The van der Waals surface area contributed by atoms with Crippen LogP contribution in [0.1, 0.15) is 23.2 Å². The quantitative estimate of drug-likeness (QED) is 0.471. The lowest BCUT2D eigenvalue weighted by Gasteiger charge is -2.17. The van der Waals surface area contributed by atoms with Gasteiger partial charge in [0.1, 0.15) is 5.69 Å². The van der Waals surface area contributed by atoms with E-state index in [-0.39, 0.29) is 11.1 Å². The Morgan fingerprint density at radius 2 is 2.05 bits per heavy atom. The molecule has 0 N–H and O–H groups in total. The molecule has 0 aromatic carbocycles. The Labute approximate surface area is 120 Å². The summed E-state index contributed by atoms with van der Waals surface area (Å²) in [5, 5.41) is 0. The minimum Gasteiger partial charge on any atom is -0.469 e. The lowest BCUT2D eigenvalue weighted by Crippen LogP contribution is -2.21. The zero-order chi connectivity index (χ0) is 16.2. The van der Waals surface area contributed by atoms with Gasteiger partial charge in [0, 0.05) is 11.8 Å². The van der Waals surface area contributed by atoms with Gasteiger partial charge in [0.05, 0.1) is 19.4 Å². The fourth-order valence-corrected chi connectivity index (χ4v) is 1.79. The van der Waals surface area contributed by atoms with E-state index in [1.54, 1.807) is 0 Å². The van der Waals surface area contributed by atoms with Crippen molar-refractivity contribution in [2.75, 3.05) is 7.11 Å². The Kier molecular flexibility index (Phi) is 5.70. The first-order valence-corrected chi connectivity index (χ1v) is 5.90. The number of carbonyl (C=O) groups is 1. The largest absolute Gasteiger partial charge is 0.573 e. The first-order valence-electron chi connectivity index (χ1n) is 5.37. The smallest absolute Gasteiger partial charge is 0.469 e. The second-order valence-electron chi connectivity index (χ2n) is 3.71. The Morgan fingerprint density at radius 1 is 1.43 bits per heavy atom. The number of pyridine rings is 1. The predicted octanol–water partition coefficient (Wildman–Crippen LogP) is 3.37. The van der Waals surface area contributed by atoms with Crippen LogP contribution in [0.3, 0.4) is 0 Å². The third-order valence-electron chi connectivity index (χ3n) is 2.37. The zero-order valence-electron chi connectivity index (χ0n) is 10.5. The topological polar surface area (TPSA) is 48.4 Å². The standard InChI is InChI=1S/C11H9ClF5NO3/c1-20-7(19)2-5-4-18-8(10(13)14)9(6(5)3-12)21-11(15,16)17/h4,10H,2-3H2,1H3. The van der Waals surface area contributed by atoms with Gasteiger partial charge >= 0.3 is 12.3 Å². The third kappa shape index (κ3) is 4.69. The molecule has 0 spiro atoms. The van der Waals surface area contributed by atoms with E-state index in [0.717, 1.165) is 13.3 Å². The molecule has 118 valence electrons. The molecule has 21 heavy (non-hydrogen) atoms. The molecule has 1 aromatic heterocycles. The Balaban J connectivity index is 3.38. The molecule has 0 saturated heterocycles. The molecule has 1 rings (SSSR count). The van der Waals surface area contributed by atoms with Gasteiger partial charge in [0.2, 0.25) is 0 Å². The highest BCUT2D eigenvalue weighted by Crippen LogP contribution is 2.37. The molecule has 0 aliphatic rings. The van der Waals surface area contributed by atoms with E-state index in [2.05, 4.69) is 14.5 Å². The van der Waals surface area contributed by atoms with Crippen LogP contribution in [0, 0.1) is 0 Å². The maximum Gasteiger partial charge on any atom is 0.573 e. The predicted molar refractivity (Wildman–Crippen MR) is 61.2 cm³/mol. The summed E-state index contributed by atoms with van der Waals surface area (Å²) in [6, 6.07) is 0. The monoisotopic (exact) mass is 333 g/mol. The second-order valence-corrected chi connectivity index (χ2v) is 3.98. The highest BCUT2D eigenvalue weighted by Gasteiger charge is 2.36. The van der Waals surface area contributed by atoms with E-state index in [9.17, 15) is 26.7 Å². The number of nitrogens with zero attached hydrogens (tertiary/aromatic N) is 1. The van der Waals surface area contributed by atoms with Gasteiger partial charge < -0.3 is 9.47 Å². The van der Waals surface area contributed by atoms with E-state index < -0.39 is 42.5 Å². The van der Waals surface area contributed by atoms with Crippen LogP contribution in [-0.4, -0.2) is 24.4 Å². The van der Waals surface area contributed by atoms with E-state index in [1.165, 1.54) is 0 Å². The van der Waals surface area contributed by atoms with Crippen molar-refractivity contribution in [3.05, 3.63) is 23.0 Å². The normalized spacial score (nSPS) is 11.6. The maximum atomic E-state index is 12.7. The van der Waals surface area contributed by atoms with Crippen molar-refractivity contribution in [2.24, 2.45) is 0 Å². The fraction of sp³-hybridized carbons (Fsp3) is 0.455. The lowest BCUT2D eigenvalue weighted by molar-refractivity contribution is -0.275. The summed E-state index contributed by atoms with van der Waals surface area (Å²) in [5.74, 6) is -2.54. The summed E-state index contributed by atoms with van der Waals surface area (Å²) < 4.78 is 70.4. The number of hydrogen-bond acceptors (Lipinski definition) is 4. The Morgan fingerprint density at radius 3 is 2.48 bits per heavy atom. The SMILES string of the molecule is COC(=O)Cc1cnc(C(F)F)c(OC(F)(F)F)c1CCl. The van der Waals surface area contributed by atoms with Gasteiger partial charge in [-0.15, -0.1) is 24.8 Å². The number of ether oxygens (including phenoxy) is 2. The molecule has 0 unspecified atom stereocenters. The molecular weight excluding hydrogens is 325 g/mol. The van der Waals surface area contributed by atoms with Gasteiger partial charge in [0.15, 0.2) is 5.75 Å². The molecule has 0 radical (unpaired) electrons. The van der Waals surface area contributed by atoms with Gasteiger partial charge in [-0.1, -0.05) is 0 Å². The first-order chi connectivity index (χ1) is 9.69. The third-order valence-corrected chi connectivity index (χ3v) is 2.64. The van der Waals surface area contributed by atoms with Crippen LogP contribution in [0.2, 0.25) is 0 Å². The van der Waals surface area contributed by atoms with Crippen LogP contribution in [0.4, 0.5) is 22.0 Å². The van der Waals surface area contributed by atoms with E-state index in [1.807, 2.05) is 0 Å². The zero-order valence-corrected chi connectivity index (χ0v) is 11.3. The van der Waals surface area contributed by atoms with Crippen molar-refractivity contribution in [3.8, 4) is 5.75 Å². The van der Waals surface area contributed by atoms with Crippen molar-refractivity contribution < 1.29 is 36.2 Å². The first kappa shape index (κ1) is 17.4. The molecule has 0 bridgehead atoms. The van der Waals surface area contributed by atoms with Crippen molar-refractivity contribution in [1.82, 2.24) is 4.98 Å². The molecular formula is C11H9ClF5NO3. The van der Waals surface area contributed by atoms with E-state index in [0.29, 0.717) is 0 Å². The van der Waals surface area contributed by atoms with Crippen LogP contribution in [-0.2, 0) is 21.8 Å². The van der Waals surface area contributed by atoms with Crippen LogP contribution in [0.5, 0.6) is 5.75 Å². The highest BCUT2D eigenvalue weighted by molar-refractivity contribution is 6.17. The Bertz CT molecular complexity index is 521. The van der Waals surface area contributed by atoms with Crippen LogP contribution in [0.25, 0.3) is 0 Å². The summed E-state index contributed by atoms with van der Waals surface area (Å²) in [4.78, 5) is 14.4. The molecule has 1 aromatic rings. The van der Waals surface area contributed by atoms with Crippen LogP contribution >= 0.6 is 11.6 Å². The molecule has 0 atom stereocenters. The van der Waals surface area contributed by atoms with Gasteiger partial charge in [-0.25, -0.2) is 8.78 Å². The highest BCUT2D eigenvalue weighted by atomic mass is 35.5. The minimum absolute atomic E-state index is 0.0829. The number of methoxy groups -OCH3 is 1. The number of carbonyl (C=O) groups excluding carboxylic acids is 1. The summed E-state index contributed by atoms with van der Waals surface area (Å²) in [5.41, 5.74) is -1.67. The molecule has 0 fully saturated rings. The van der Waals surface area contributed by atoms with Crippen molar-refractivity contribution in [1.29, 1.82) is 0 Å². The molecule has 4 nitrogen and oxygen atoms in total. The average molecular weight is 334 g/mol. The minimum atomic E-state index is -5.20. The summed E-state index contributed by atoms with van der Waals surface area (Å²) in [7, 11) is 1.07. The van der Waals surface area contributed by atoms with E-state index >= 15 is 0 Å². The summed E-state index contributed by atoms with van der Waals surface area (Å²) in [6.45, 7) is 0. The molecule has 10 heteroatoms. The van der Waals surface area contributed by atoms with Crippen molar-refractivity contribution in [3.63, 3.8) is 0 Å². The molecule has 0 saturated carbocycles. The fourth-order valence-electron chi connectivity index (χ4n) is 1.50. The molecule has 1 heterocycles. The average Bonchev–Trinajstić information content (AvgIpc) is 2.36. The summed E-state index contributed by atoms with van der Waals surface area (Å²) in [6.07, 6.45) is -8.12. The molecule has 0 aliphatic carbocycles. The van der Waals surface area contributed by atoms with Gasteiger partial charge in [-0.3, -0.25) is 9.78 Å². The molecule has 0 amide bonds. The lowest BCUT2D eigenvalue weighted by atomic mass is 10.1. The van der Waals surface area contributed by atoms with Crippen LogP contribution in [0.15, 0.2) is 6.20 Å². The molecule has 0 aliphatic heterocycles. The number of aromatic nitrogens is 1. The Hall–Kier alpha value is -1.64. The number of rotatable bonds is 5. The van der Waals surface area contributed by atoms with Gasteiger partial charge in [0.25, 0.3) is 6.43 Å². The number of halogens is 6. The summed E-state index contributed by atoms with van der Waals surface area (Å²) >= 11 is 5.50. The van der Waals surface area contributed by atoms with Gasteiger partial charge in [-0.05, 0) is 5.56 Å². The number of alkyl halides is 6. The number of esters is 1. The maximum absolute atomic E-state index is 12.7. The number of hydrogen-bond donors (Lipinski definition) is 0. The van der Waals surface area contributed by atoms with Crippen molar-refractivity contribution >= 4 is 17.6 Å². The van der Waals surface area contributed by atoms with E-state index in [4.69, 9.17) is 11.6 Å².